The molecule has 134 valence electrons. The molecule has 2 aromatic rings. The smallest absolute Gasteiger partial charge is 0.279 e. The van der Waals surface area contributed by atoms with Gasteiger partial charge in [0.25, 0.3) is 10.2 Å². The van der Waals surface area contributed by atoms with Crippen LogP contribution in [0.3, 0.4) is 0 Å². The van der Waals surface area contributed by atoms with Crippen molar-refractivity contribution in [2.75, 3.05) is 13.1 Å². The molecule has 0 bridgehead atoms. The van der Waals surface area contributed by atoms with E-state index in [4.69, 9.17) is 0 Å². The number of hydrogen-bond acceptors (Lipinski definition) is 4. The van der Waals surface area contributed by atoms with Crippen LogP contribution in [0.4, 0.5) is 0 Å². The second-order valence-corrected chi connectivity index (χ2v) is 8.44. The fourth-order valence-corrected chi connectivity index (χ4v) is 5.12. The highest BCUT2D eigenvalue weighted by atomic mass is 32.2. The first-order valence-corrected chi connectivity index (χ1v) is 10.3. The van der Waals surface area contributed by atoms with Gasteiger partial charge in [0.05, 0.1) is 0 Å². The number of aromatic nitrogens is 3. The molecule has 0 radical (unpaired) electrons. The second-order valence-electron chi connectivity index (χ2n) is 6.73. The van der Waals surface area contributed by atoms with E-state index in [0.717, 1.165) is 49.3 Å². The number of piperidine rings is 1. The van der Waals surface area contributed by atoms with E-state index < -0.39 is 10.2 Å². The third kappa shape index (κ3) is 3.47. The molecule has 0 saturated carbocycles. The Hall–Kier alpha value is -1.77. The number of aryl methyl sites for hydroxylation is 1. The van der Waals surface area contributed by atoms with Crippen molar-refractivity contribution in [2.45, 2.75) is 44.7 Å². The standard InChI is InChI=1S/C17H23N5O2S/c23-25(24,21-11-5-2-6-12-21)20-15-9-10-16-18-19-17(22(16)13-15)14-7-3-1-4-8-14/h1,3-4,7-8,15,20H,2,5-6,9-13H2/t15-/m1/s1. The van der Waals surface area contributed by atoms with Gasteiger partial charge in [-0.1, -0.05) is 36.8 Å². The van der Waals surface area contributed by atoms with Gasteiger partial charge in [0, 0.05) is 37.7 Å². The minimum absolute atomic E-state index is 0.127. The van der Waals surface area contributed by atoms with Crippen LogP contribution in [0.2, 0.25) is 0 Å². The molecule has 7 nitrogen and oxygen atoms in total. The zero-order chi connectivity index (χ0) is 17.3. The van der Waals surface area contributed by atoms with Crippen molar-refractivity contribution in [3.63, 3.8) is 0 Å². The van der Waals surface area contributed by atoms with Crippen LogP contribution < -0.4 is 4.72 Å². The third-order valence-electron chi connectivity index (χ3n) is 4.95. The van der Waals surface area contributed by atoms with Crippen molar-refractivity contribution in [3.8, 4) is 11.4 Å². The normalized spacial score (nSPS) is 21.8. The number of nitrogens with zero attached hydrogens (tertiary/aromatic N) is 4. The van der Waals surface area contributed by atoms with Crippen LogP contribution in [0.15, 0.2) is 30.3 Å². The van der Waals surface area contributed by atoms with Crippen LogP contribution in [0.25, 0.3) is 11.4 Å². The molecule has 0 amide bonds. The highest BCUT2D eigenvalue weighted by Crippen LogP contribution is 2.23. The molecule has 1 N–H and O–H groups in total. The van der Waals surface area contributed by atoms with E-state index in [1.165, 1.54) is 0 Å². The first-order valence-electron chi connectivity index (χ1n) is 8.88. The van der Waals surface area contributed by atoms with Gasteiger partial charge in [0.15, 0.2) is 5.82 Å². The summed E-state index contributed by atoms with van der Waals surface area (Å²) in [4.78, 5) is 0. The van der Waals surface area contributed by atoms with Gasteiger partial charge in [-0.3, -0.25) is 0 Å². The summed E-state index contributed by atoms with van der Waals surface area (Å²) in [6.07, 6.45) is 4.48. The SMILES string of the molecule is O=S(=O)(N[C@@H]1CCc2nnc(-c3ccccc3)n2C1)N1CCCCC1. The summed E-state index contributed by atoms with van der Waals surface area (Å²) >= 11 is 0. The maximum atomic E-state index is 12.6. The minimum Gasteiger partial charge on any atom is -0.309 e. The van der Waals surface area contributed by atoms with E-state index in [9.17, 15) is 8.42 Å². The number of nitrogens with one attached hydrogen (secondary N) is 1. The molecule has 1 fully saturated rings. The predicted octanol–water partition coefficient (Wildman–Crippen LogP) is 1.58. The second kappa shape index (κ2) is 6.86. The largest absolute Gasteiger partial charge is 0.309 e. The van der Waals surface area contributed by atoms with Gasteiger partial charge in [-0.2, -0.15) is 17.4 Å². The summed E-state index contributed by atoms with van der Waals surface area (Å²) in [5.74, 6) is 1.73. The summed E-state index contributed by atoms with van der Waals surface area (Å²) in [6, 6.07) is 9.77. The molecule has 25 heavy (non-hydrogen) atoms. The lowest BCUT2D eigenvalue weighted by Gasteiger charge is -2.30. The highest BCUT2D eigenvalue weighted by Gasteiger charge is 2.30. The quantitative estimate of drug-likeness (QED) is 0.897. The van der Waals surface area contributed by atoms with Crippen LogP contribution in [-0.4, -0.2) is 46.6 Å². The topological polar surface area (TPSA) is 80.1 Å². The van der Waals surface area contributed by atoms with Gasteiger partial charge >= 0.3 is 0 Å². The van der Waals surface area contributed by atoms with E-state index in [-0.39, 0.29) is 6.04 Å². The molecule has 4 rings (SSSR count). The van der Waals surface area contributed by atoms with E-state index >= 15 is 0 Å². The summed E-state index contributed by atoms with van der Waals surface area (Å²) < 4.78 is 31.8. The molecule has 1 aromatic carbocycles. The van der Waals surface area contributed by atoms with Gasteiger partial charge in [0.1, 0.15) is 5.82 Å². The molecule has 0 unspecified atom stereocenters. The summed E-state index contributed by atoms with van der Waals surface area (Å²) in [5, 5.41) is 8.59. The lowest BCUT2D eigenvalue weighted by Crippen LogP contribution is -2.49. The van der Waals surface area contributed by atoms with Gasteiger partial charge in [-0.15, -0.1) is 10.2 Å². The summed E-state index contributed by atoms with van der Waals surface area (Å²) in [6.45, 7) is 1.81. The van der Waals surface area contributed by atoms with E-state index in [2.05, 4.69) is 14.9 Å². The maximum absolute atomic E-state index is 12.6. The predicted molar refractivity (Wildman–Crippen MR) is 95.0 cm³/mol. The van der Waals surface area contributed by atoms with Crippen molar-refractivity contribution >= 4 is 10.2 Å². The first kappa shape index (κ1) is 16.7. The molecule has 8 heteroatoms. The molecule has 3 heterocycles. The van der Waals surface area contributed by atoms with E-state index in [1.807, 2.05) is 34.9 Å². The average molecular weight is 361 g/mol. The fourth-order valence-electron chi connectivity index (χ4n) is 3.61. The van der Waals surface area contributed by atoms with Gasteiger partial charge in [0.2, 0.25) is 0 Å². The number of benzene rings is 1. The maximum Gasteiger partial charge on any atom is 0.279 e. The van der Waals surface area contributed by atoms with Crippen LogP contribution in [0.1, 0.15) is 31.5 Å². The van der Waals surface area contributed by atoms with Gasteiger partial charge < -0.3 is 4.57 Å². The Morgan fingerprint density at radius 2 is 1.80 bits per heavy atom. The summed E-state index contributed by atoms with van der Waals surface area (Å²) in [7, 11) is -3.42. The van der Waals surface area contributed by atoms with Crippen molar-refractivity contribution in [3.05, 3.63) is 36.2 Å². The van der Waals surface area contributed by atoms with Crippen molar-refractivity contribution in [2.24, 2.45) is 0 Å². The molecule has 1 aromatic heterocycles. The lowest BCUT2D eigenvalue weighted by atomic mass is 10.1. The Morgan fingerprint density at radius 3 is 2.56 bits per heavy atom. The van der Waals surface area contributed by atoms with E-state index in [0.29, 0.717) is 19.6 Å². The van der Waals surface area contributed by atoms with Gasteiger partial charge in [-0.25, -0.2) is 0 Å². The molecular formula is C17H23N5O2S. The number of hydrogen-bond donors (Lipinski definition) is 1. The minimum atomic E-state index is -3.42. The number of fused-ring (bicyclic) bond motifs is 1. The van der Waals surface area contributed by atoms with Crippen LogP contribution >= 0.6 is 0 Å². The molecule has 0 aliphatic carbocycles. The highest BCUT2D eigenvalue weighted by molar-refractivity contribution is 7.87. The Bertz CT molecular complexity index is 828. The molecule has 2 aliphatic rings. The Kier molecular flexibility index (Phi) is 4.58. The first-order chi connectivity index (χ1) is 12.1. The zero-order valence-electron chi connectivity index (χ0n) is 14.1. The van der Waals surface area contributed by atoms with Crippen molar-refractivity contribution in [1.29, 1.82) is 0 Å². The fraction of sp³-hybridized carbons (Fsp3) is 0.529. The Morgan fingerprint density at radius 1 is 1.04 bits per heavy atom. The van der Waals surface area contributed by atoms with Crippen molar-refractivity contribution < 1.29 is 8.42 Å². The van der Waals surface area contributed by atoms with Crippen LogP contribution in [-0.2, 0) is 23.2 Å². The third-order valence-corrected chi connectivity index (χ3v) is 6.63. The Labute approximate surface area is 148 Å². The molecule has 2 aliphatic heterocycles. The lowest BCUT2D eigenvalue weighted by molar-refractivity contribution is 0.331. The average Bonchev–Trinajstić information content (AvgIpc) is 3.06. The molecule has 0 spiro atoms. The monoisotopic (exact) mass is 361 g/mol. The van der Waals surface area contributed by atoms with Crippen molar-refractivity contribution in [1.82, 2.24) is 23.8 Å². The van der Waals surface area contributed by atoms with E-state index in [1.54, 1.807) is 4.31 Å². The van der Waals surface area contributed by atoms with Crippen LogP contribution in [0.5, 0.6) is 0 Å². The molecule has 1 saturated heterocycles. The van der Waals surface area contributed by atoms with Gasteiger partial charge in [-0.05, 0) is 19.3 Å². The Balaban J connectivity index is 1.52. The number of rotatable bonds is 4. The summed E-state index contributed by atoms with van der Waals surface area (Å²) in [5.41, 5.74) is 1.00. The molecule has 1 atom stereocenters. The van der Waals surface area contributed by atoms with Crippen LogP contribution in [0, 0.1) is 0 Å². The zero-order valence-corrected chi connectivity index (χ0v) is 15.0. The molecular weight excluding hydrogens is 338 g/mol.